The molecule has 36 heavy (non-hydrogen) atoms. The van der Waals surface area contributed by atoms with E-state index < -0.39 is 0 Å². The number of carbonyl (C=O) groups is 3. The minimum atomic E-state index is -0.325. The van der Waals surface area contributed by atoms with E-state index in [4.69, 9.17) is 4.74 Å². The zero-order valence-electron chi connectivity index (χ0n) is 20.3. The van der Waals surface area contributed by atoms with Gasteiger partial charge < -0.3 is 25.2 Å². The molecule has 4 amide bonds. The van der Waals surface area contributed by atoms with Crippen LogP contribution in [-0.2, 0) is 11.4 Å². The highest BCUT2D eigenvalue weighted by atomic mass is 16.5. The average Bonchev–Trinajstić information content (AvgIpc) is 2.92. The maximum Gasteiger partial charge on any atom is 0.321 e. The number of piperazine rings is 1. The van der Waals surface area contributed by atoms with E-state index in [2.05, 4.69) is 10.6 Å². The zero-order chi connectivity index (χ0) is 25.3. The summed E-state index contributed by atoms with van der Waals surface area (Å²) in [6.45, 7) is 3.99. The quantitative estimate of drug-likeness (QED) is 0.533. The number of benzene rings is 3. The zero-order valence-corrected chi connectivity index (χ0v) is 20.3. The molecule has 1 saturated heterocycles. The number of hydrogen-bond donors (Lipinski definition) is 2. The molecule has 3 aromatic rings. The first kappa shape index (κ1) is 24.8. The Bertz CT molecular complexity index is 1190. The monoisotopic (exact) mass is 486 g/mol. The van der Waals surface area contributed by atoms with Gasteiger partial charge in [0, 0.05) is 37.4 Å². The van der Waals surface area contributed by atoms with Gasteiger partial charge in [-0.2, -0.15) is 0 Å². The molecule has 0 spiro atoms. The van der Waals surface area contributed by atoms with E-state index in [9.17, 15) is 14.4 Å². The highest BCUT2D eigenvalue weighted by Crippen LogP contribution is 2.16. The van der Waals surface area contributed by atoms with Crippen molar-refractivity contribution in [3.63, 3.8) is 0 Å². The third-order valence-corrected chi connectivity index (χ3v) is 6.07. The summed E-state index contributed by atoms with van der Waals surface area (Å²) in [5.74, 6) is 0.162. The summed E-state index contributed by atoms with van der Waals surface area (Å²) in [6, 6.07) is 24.1. The molecule has 8 nitrogen and oxygen atoms in total. The van der Waals surface area contributed by atoms with Crippen LogP contribution in [0.2, 0.25) is 0 Å². The molecule has 2 N–H and O–H groups in total. The van der Waals surface area contributed by atoms with Gasteiger partial charge in [-0.3, -0.25) is 9.59 Å². The van der Waals surface area contributed by atoms with Crippen LogP contribution in [0.15, 0.2) is 78.9 Å². The maximum atomic E-state index is 12.6. The Morgan fingerprint density at radius 3 is 2.14 bits per heavy atom. The van der Waals surface area contributed by atoms with E-state index in [1.165, 1.54) is 0 Å². The van der Waals surface area contributed by atoms with Gasteiger partial charge in [-0.25, -0.2) is 4.79 Å². The number of nitrogens with one attached hydrogen (secondary N) is 2. The third-order valence-electron chi connectivity index (χ3n) is 6.07. The van der Waals surface area contributed by atoms with E-state index in [1.54, 1.807) is 34.1 Å². The summed E-state index contributed by atoms with van der Waals surface area (Å²) >= 11 is 0. The number of amides is 4. The molecule has 3 aromatic carbocycles. The van der Waals surface area contributed by atoms with Crippen molar-refractivity contribution >= 4 is 23.5 Å². The first-order valence-corrected chi connectivity index (χ1v) is 11.9. The van der Waals surface area contributed by atoms with Gasteiger partial charge in [-0.05, 0) is 48.4 Å². The molecular weight excluding hydrogens is 456 g/mol. The van der Waals surface area contributed by atoms with Crippen molar-refractivity contribution in [2.24, 2.45) is 0 Å². The van der Waals surface area contributed by atoms with Crippen molar-refractivity contribution < 1.29 is 19.1 Å². The lowest BCUT2D eigenvalue weighted by Crippen LogP contribution is -2.53. The Morgan fingerprint density at radius 2 is 1.44 bits per heavy atom. The number of para-hydroxylation sites is 1. The molecule has 0 bridgehead atoms. The van der Waals surface area contributed by atoms with Crippen LogP contribution in [0.4, 0.5) is 10.5 Å². The summed E-state index contributed by atoms with van der Waals surface area (Å²) in [4.78, 5) is 41.0. The number of aryl methyl sites for hydroxylation is 1. The van der Waals surface area contributed by atoms with E-state index in [1.807, 2.05) is 61.5 Å². The normalized spacial score (nSPS) is 13.1. The molecule has 4 rings (SSSR count). The third kappa shape index (κ3) is 6.63. The van der Waals surface area contributed by atoms with Crippen LogP contribution in [-0.4, -0.2) is 60.4 Å². The van der Waals surface area contributed by atoms with Crippen molar-refractivity contribution in [3.8, 4) is 5.75 Å². The molecule has 0 radical (unpaired) electrons. The lowest BCUT2D eigenvalue weighted by atomic mass is 10.2. The first-order valence-electron chi connectivity index (χ1n) is 11.9. The van der Waals surface area contributed by atoms with Crippen LogP contribution in [0, 0.1) is 6.92 Å². The van der Waals surface area contributed by atoms with Crippen molar-refractivity contribution in [1.82, 2.24) is 15.1 Å². The second-order valence-electron chi connectivity index (χ2n) is 8.59. The fourth-order valence-electron chi connectivity index (χ4n) is 3.88. The minimum Gasteiger partial charge on any atom is -0.489 e. The van der Waals surface area contributed by atoms with Gasteiger partial charge in [0.15, 0.2) is 0 Å². The number of urea groups is 1. The van der Waals surface area contributed by atoms with Gasteiger partial charge in [0.1, 0.15) is 12.4 Å². The fourth-order valence-corrected chi connectivity index (χ4v) is 3.88. The van der Waals surface area contributed by atoms with Crippen molar-refractivity contribution in [2.75, 3.05) is 38.0 Å². The molecule has 0 aromatic heterocycles. The van der Waals surface area contributed by atoms with Crippen LogP contribution in [0.25, 0.3) is 0 Å². The molecule has 0 saturated carbocycles. The molecule has 0 atom stereocenters. The lowest BCUT2D eigenvalue weighted by Gasteiger charge is -2.34. The van der Waals surface area contributed by atoms with Gasteiger partial charge in [-0.1, -0.05) is 48.5 Å². The Hall–Kier alpha value is -4.33. The van der Waals surface area contributed by atoms with E-state index >= 15 is 0 Å². The molecule has 0 unspecified atom stereocenters. The Balaban J connectivity index is 1.18. The molecule has 1 aliphatic heterocycles. The highest BCUT2D eigenvalue weighted by Gasteiger charge is 2.24. The van der Waals surface area contributed by atoms with Crippen molar-refractivity contribution in [1.29, 1.82) is 0 Å². The number of ether oxygens (including phenoxy) is 1. The van der Waals surface area contributed by atoms with Crippen LogP contribution >= 0.6 is 0 Å². The van der Waals surface area contributed by atoms with Gasteiger partial charge >= 0.3 is 6.03 Å². The molecule has 8 heteroatoms. The molecule has 1 heterocycles. The highest BCUT2D eigenvalue weighted by molar-refractivity contribution is 5.96. The summed E-state index contributed by atoms with van der Waals surface area (Å²) in [7, 11) is 0. The second-order valence-corrected chi connectivity index (χ2v) is 8.59. The second kappa shape index (κ2) is 11.9. The largest absolute Gasteiger partial charge is 0.489 e. The average molecular weight is 487 g/mol. The Morgan fingerprint density at radius 1 is 0.806 bits per heavy atom. The Labute approximate surface area is 210 Å². The van der Waals surface area contributed by atoms with E-state index in [0.29, 0.717) is 44.1 Å². The Kier molecular flexibility index (Phi) is 8.18. The van der Waals surface area contributed by atoms with Crippen LogP contribution in [0.3, 0.4) is 0 Å². The van der Waals surface area contributed by atoms with E-state index in [0.717, 1.165) is 16.8 Å². The predicted octanol–water partition coefficient (Wildman–Crippen LogP) is 3.68. The summed E-state index contributed by atoms with van der Waals surface area (Å²) in [5, 5.41) is 5.60. The molecule has 1 fully saturated rings. The number of anilines is 1. The van der Waals surface area contributed by atoms with Crippen LogP contribution in [0.5, 0.6) is 5.75 Å². The summed E-state index contributed by atoms with van der Waals surface area (Å²) in [5.41, 5.74) is 3.28. The topological polar surface area (TPSA) is 91.0 Å². The van der Waals surface area contributed by atoms with Gasteiger partial charge in [0.25, 0.3) is 5.91 Å². The van der Waals surface area contributed by atoms with Crippen LogP contribution < -0.4 is 15.4 Å². The predicted molar refractivity (Wildman–Crippen MR) is 138 cm³/mol. The van der Waals surface area contributed by atoms with Gasteiger partial charge in [0.2, 0.25) is 5.91 Å². The summed E-state index contributed by atoms with van der Waals surface area (Å²) in [6.07, 6.45) is 0. The number of hydrogen-bond acceptors (Lipinski definition) is 4. The maximum absolute atomic E-state index is 12.6. The van der Waals surface area contributed by atoms with E-state index in [-0.39, 0.29) is 24.4 Å². The summed E-state index contributed by atoms with van der Waals surface area (Å²) < 4.78 is 5.74. The standard InChI is InChI=1S/C28H30N4O4/c1-21-7-5-6-10-25(21)30-28(35)32-17-15-31(16-18-32)26(33)19-29-27(34)23-11-13-24(14-12-23)36-20-22-8-3-2-4-9-22/h2-14H,15-20H2,1H3,(H,29,34)(H,30,35). The molecule has 0 aliphatic carbocycles. The molecular formula is C28H30N4O4. The number of carbonyl (C=O) groups excluding carboxylic acids is 3. The molecule has 186 valence electrons. The SMILES string of the molecule is Cc1ccccc1NC(=O)N1CCN(C(=O)CNC(=O)c2ccc(OCc3ccccc3)cc2)CC1. The number of nitrogens with zero attached hydrogens (tertiary/aromatic N) is 2. The lowest BCUT2D eigenvalue weighted by molar-refractivity contribution is -0.131. The minimum absolute atomic E-state index is 0.0967. The molecule has 1 aliphatic rings. The number of rotatable bonds is 7. The fraction of sp³-hybridized carbons (Fsp3) is 0.250. The smallest absolute Gasteiger partial charge is 0.321 e. The van der Waals surface area contributed by atoms with Crippen molar-refractivity contribution in [3.05, 3.63) is 95.6 Å². The van der Waals surface area contributed by atoms with Crippen LogP contribution in [0.1, 0.15) is 21.5 Å². The van der Waals surface area contributed by atoms with Crippen molar-refractivity contribution in [2.45, 2.75) is 13.5 Å². The first-order chi connectivity index (χ1) is 17.5. The van der Waals surface area contributed by atoms with Gasteiger partial charge in [0.05, 0.1) is 6.54 Å². The van der Waals surface area contributed by atoms with Gasteiger partial charge in [-0.15, -0.1) is 0 Å².